The largest absolute Gasteiger partial charge is 0.407 e. The van der Waals surface area contributed by atoms with Crippen LogP contribution in [0.4, 0.5) is 6.01 Å². The van der Waals surface area contributed by atoms with Crippen molar-refractivity contribution in [3.63, 3.8) is 0 Å². The normalized spacial score (nSPS) is 15.1. The Balaban J connectivity index is 1.49. The van der Waals surface area contributed by atoms with Crippen molar-refractivity contribution in [1.82, 2.24) is 15.5 Å². The van der Waals surface area contributed by atoms with E-state index in [1.807, 2.05) is 6.07 Å². The lowest BCUT2D eigenvalue weighted by Crippen LogP contribution is -2.15. The zero-order valence-electron chi connectivity index (χ0n) is 9.35. The highest BCUT2D eigenvalue weighted by atomic mass is 32.1. The molecule has 0 saturated heterocycles. The second-order valence-electron chi connectivity index (χ2n) is 4.09. The molecular weight excluding hydrogens is 236 g/mol. The zero-order valence-corrected chi connectivity index (χ0v) is 10.2. The van der Waals surface area contributed by atoms with Crippen LogP contribution in [0.5, 0.6) is 0 Å². The van der Waals surface area contributed by atoms with Crippen molar-refractivity contribution in [2.45, 2.75) is 32.0 Å². The Labute approximate surface area is 103 Å². The first-order valence-electron chi connectivity index (χ1n) is 5.72. The number of aromatic nitrogens is 2. The highest BCUT2D eigenvalue weighted by Crippen LogP contribution is 2.19. The summed E-state index contributed by atoms with van der Waals surface area (Å²) in [4.78, 5) is 1.25. The van der Waals surface area contributed by atoms with E-state index in [2.05, 4.69) is 32.3 Å². The van der Waals surface area contributed by atoms with Crippen LogP contribution in [0.1, 0.15) is 23.6 Å². The molecule has 0 aliphatic heterocycles. The predicted molar refractivity (Wildman–Crippen MR) is 65.8 cm³/mol. The first-order valence-corrected chi connectivity index (χ1v) is 6.60. The third-order valence-electron chi connectivity index (χ3n) is 2.58. The molecule has 0 bridgehead atoms. The van der Waals surface area contributed by atoms with Gasteiger partial charge in [0.1, 0.15) is 0 Å². The Morgan fingerprint density at radius 2 is 2.29 bits per heavy atom. The predicted octanol–water partition coefficient (Wildman–Crippen LogP) is 2.00. The lowest BCUT2D eigenvalue weighted by atomic mass is 10.5. The van der Waals surface area contributed by atoms with Crippen LogP contribution in [0.25, 0.3) is 0 Å². The molecule has 2 heterocycles. The third kappa shape index (κ3) is 3.04. The van der Waals surface area contributed by atoms with Crippen LogP contribution in [0, 0.1) is 0 Å². The van der Waals surface area contributed by atoms with E-state index >= 15 is 0 Å². The van der Waals surface area contributed by atoms with Crippen LogP contribution in [0.3, 0.4) is 0 Å². The molecule has 2 aromatic rings. The summed E-state index contributed by atoms with van der Waals surface area (Å²) in [5.74, 6) is 0.644. The maximum Gasteiger partial charge on any atom is 0.315 e. The quantitative estimate of drug-likeness (QED) is 0.821. The van der Waals surface area contributed by atoms with E-state index in [1.165, 1.54) is 17.7 Å². The molecule has 1 aliphatic rings. The van der Waals surface area contributed by atoms with Gasteiger partial charge in [-0.05, 0) is 24.3 Å². The fourth-order valence-corrected chi connectivity index (χ4v) is 2.14. The lowest BCUT2D eigenvalue weighted by molar-refractivity contribution is 0.476. The van der Waals surface area contributed by atoms with Crippen molar-refractivity contribution < 1.29 is 4.42 Å². The van der Waals surface area contributed by atoms with Gasteiger partial charge in [-0.1, -0.05) is 11.2 Å². The first-order chi connectivity index (χ1) is 8.40. The summed E-state index contributed by atoms with van der Waals surface area (Å²) in [5, 5.41) is 16.4. The molecule has 2 N–H and O–H groups in total. The van der Waals surface area contributed by atoms with Crippen molar-refractivity contribution in [3.05, 3.63) is 28.3 Å². The van der Waals surface area contributed by atoms with Crippen LogP contribution in [-0.2, 0) is 13.1 Å². The molecule has 17 heavy (non-hydrogen) atoms. The molecule has 2 aromatic heterocycles. The zero-order chi connectivity index (χ0) is 11.5. The molecule has 5 nitrogen and oxygen atoms in total. The van der Waals surface area contributed by atoms with Gasteiger partial charge in [0, 0.05) is 10.9 Å². The molecule has 0 spiro atoms. The second kappa shape index (κ2) is 4.85. The first kappa shape index (κ1) is 10.7. The standard InChI is InChI=1S/C11H14N4OS/c1-2-9(17-5-1)6-13-11-15-14-10(16-11)7-12-8-3-4-8/h1-2,5,8,12H,3-4,6-7H2,(H,13,15). The highest BCUT2D eigenvalue weighted by Gasteiger charge is 2.21. The van der Waals surface area contributed by atoms with Crippen LogP contribution in [0.2, 0.25) is 0 Å². The summed E-state index contributed by atoms with van der Waals surface area (Å²) < 4.78 is 5.47. The van der Waals surface area contributed by atoms with Crippen molar-refractivity contribution in [1.29, 1.82) is 0 Å². The molecule has 0 aromatic carbocycles. The summed E-state index contributed by atoms with van der Waals surface area (Å²) in [6, 6.07) is 5.25. The maximum absolute atomic E-state index is 5.47. The fraction of sp³-hybridized carbons (Fsp3) is 0.455. The number of anilines is 1. The molecule has 6 heteroatoms. The van der Waals surface area contributed by atoms with Gasteiger partial charge in [0.15, 0.2) is 0 Å². The minimum atomic E-state index is 0.492. The average Bonchev–Trinajstić information content (AvgIpc) is 2.86. The van der Waals surface area contributed by atoms with Gasteiger partial charge in [-0.25, -0.2) is 0 Å². The monoisotopic (exact) mass is 250 g/mol. The van der Waals surface area contributed by atoms with Crippen LogP contribution in [-0.4, -0.2) is 16.2 Å². The molecule has 0 amide bonds. The minimum Gasteiger partial charge on any atom is -0.407 e. The van der Waals surface area contributed by atoms with E-state index in [0.29, 0.717) is 24.5 Å². The SMILES string of the molecule is c1csc(CNc2nnc(CNC3CC3)o2)c1. The minimum absolute atomic E-state index is 0.492. The average molecular weight is 250 g/mol. The van der Waals surface area contributed by atoms with Crippen molar-refractivity contribution in [3.8, 4) is 0 Å². The molecule has 1 saturated carbocycles. The molecule has 90 valence electrons. The molecule has 0 radical (unpaired) electrons. The molecular formula is C11H14N4OS. The molecule has 1 aliphatic carbocycles. The molecule has 3 rings (SSSR count). The summed E-state index contributed by atoms with van der Waals surface area (Å²) in [5.41, 5.74) is 0. The maximum atomic E-state index is 5.47. The van der Waals surface area contributed by atoms with Crippen molar-refractivity contribution in [2.24, 2.45) is 0 Å². The van der Waals surface area contributed by atoms with Gasteiger partial charge >= 0.3 is 6.01 Å². The molecule has 0 unspecified atom stereocenters. The lowest BCUT2D eigenvalue weighted by Gasteiger charge is -1.98. The Morgan fingerprint density at radius 3 is 3.06 bits per heavy atom. The van der Waals surface area contributed by atoms with Gasteiger partial charge in [-0.3, -0.25) is 0 Å². The third-order valence-corrected chi connectivity index (χ3v) is 3.46. The van der Waals surface area contributed by atoms with Crippen LogP contribution in [0.15, 0.2) is 21.9 Å². The van der Waals surface area contributed by atoms with E-state index in [4.69, 9.17) is 4.42 Å². The van der Waals surface area contributed by atoms with Crippen LogP contribution >= 0.6 is 11.3 Å². The number of rotatable bonds is 6. The number of nitrogens with zero attached hydrogens (tertiary/aromatic N) is 2. The Hall–Kier alpha value is -1.40. The Kier molecular flexibility index (Phi) is 3.06. The molecule has 1 fully saturated rings. The fourth-order valence-electron chi connectivity index (χ4n) is 1.49. The smallest absolute Gasteiger partial charge is 0.315 e. The van der Waals surface area contributed by atoms with Crippen molar-refractivity contribution >= 4 is 17.4 Å². The number of hydrogen-bond donors (Lipinski definition) is 2. The Morgan fingerprint density at radius 1 is 1.35 bits per heavy atom. The summed E-state index contributed by atoms with van der Waals surface area (Å²) in [7, 11) is 0. The van der Waals surface area contributed by atoms with Gasteiger partial charge in [-0.2, -0.15) is 0 Å². The van der Waals surface area contributed by atoms with Crippen molar-refractivity contribution in [2.75, 3.05) is 5.32 Å². The number of nitrogens with one attached hydrogen (secondary N) is 2. The van der Waals surface area contributed by atoms with E-state index in [9.17, 15) is 0 Å². The second-order valence-corrected chi connectivity index (χ2v) is 5.12. The molecule has 0 atom stereocenters. The van der Waals surface area contributed by atoms with E-state index in [0.717, 1.165) is 6.54 Å². The van der Waals surface area contributed by atoms with Gasteiger partial charge in [0.25, 0.3) is 0 Å². The Bertz CT molecular complexity index is 464. The van der Waals surface area contributed by atoms with E-state index in [1.54, 1.807) is 11.3 Å². The van der Waals surface area contributed by atoms with Gasteiger partial charge in [-0.15, -0.1) is 16.4 Å². The summed E-state index contributed by atoms with van der Waals surface area (Å²) in [6.07, 6.45) is 2.52. The highest BCUT2D eigenvalue weighted by molar-refractivity contribution is 7.09. The van der Waals surface area contributed by atoms with Gasteiger partial charge in [0.05, 0.1) is 13.1 Å². The van der Waals surface area contributed by atoms with Gasteiger partial charge < -0.3 is 15.1 Å². The number of hydrogen-bond acceptors (Lipinski definition) is 6. The summed E-state index contributed by atoms with van der Waals surface area (Å²) in [6.45, 7) is 1.40. The summed E-state index contributed by atoms with van der Waals surface area (Å²) >= 11 is 1.71. The van der Waals surface area contributed by atoms with E-state index in [-0.39, 0.29) is 0 Å². The van der Waals surface area contributed by atoms with Gasteiger partial charge in [0.2, 0.25) is 5.89 Å². The topological polar surface area (TPSA) is 63.0 Å². The number of thiophene rings is 1. The van der Waals surface area contributed by atoms with E-state index < -0.39 is 0 Å². The van der Waals surface area contributed by atoms with Crippen LogP contribution < -0.4 is 10.6 Å².